The fraction of sp³-hybridized carbons (Fsp3) is 0.500. The molecule has 1 aliphatic rings. The minimum atomic E-state index is -0.727. The van der Waals surface area contributed by atoms with Crippen LogP contribution in [0.5, 0.6) is 0 Å². The molecule has 0 bridgehead atoms. The molecule has 6 heteroatoms. The van der Waals surface area contributed by atoms with Crippen molar-refractivity contribution in [2.24, 2.45) is 5.41 Å². The SMILES string of the molecule is CC(C)(C)CNC(=O)N1CCNC(=O)C1c1ccc(F)cc1. The van der Waals surface area contributed by atoms with E-state index in [4.69, 9.17) is 0 Å². The summed E-state index contributed by atoms with van der Waals surface area (Å²) in [6, 6.07) is 4.66. The van der Waals surface area contributed by atoms with Crippen molar-refractivity contribution in [1.82, 2.24) is 15.5 Å². The number of benzene rings is 1. The van der Waals surface area contributed by atoms with Crippen molar-refractivity contribution in [2.45, 2.75) is 26.8 Å². The number of piperazine rings is 1. The van der Waals surface area contributed by atoms with Crippen molar-refractivity contribution in [2.75, 3.05) is 19.6 Å². The largest absolute Gasteiger partial charge is 0.352 e. The van der Waals surface area contributed by atoms with Crippen LogP contribution in [0.2, 0.25) is 0 Å². The van der Waals surface area contributed by atoms with Gasteiger partial charge < -0.3 is 15.5 Å². The summed E-state index contributed by atoms with van der Waals surface area (Å²) in [6.45, 7) is 7.41. The number of carbonyl (C=O) groups excluding carboxylic acids is 2. The average Bonchev–Trinajstić information content (AvgIpc) is 2.45. The molecule has 1 unspecified atom stereocenters. The van der Waals surface area contributed by atoms with Gasteiger partial charge in [-0.3, -0.25) is 4.79 Å². The summed E-state index contributed by atoms with van der Waals surface area (Å²) in [6.07, 6.45) is 0. The van der Waals surface area contributed by atoms with Crippen LogP contribution in [-0.4, -0.2) is 36.5 Å². The molecule has 5 nitrogen and oxygen atoms in total. The number of halogens is 1. The van der Waals surface area contributed by atoms with Gasteiger partial charge in [-0.15, -0.1) is 0 Å². The predicted octanol–water partition coefficient (Wildman–Crippen LogP) is 2.05. The molecule has 1 fully saturated rings. The van der Waals surface area contributed by atoms with Gasteiger partial charge in [0.2, 0.25) is 5.91 Å². The van der Waals surface area contributed by atoms with E-state index in [2.05, 4.69) is 10.6 Å². The van der Waals surface area contributed by atoms with Crippen LogP contribution in [0.15, 0.2) is 24.3 Å². The molecule has 1 saturated heterocycles. The Labute approximate surface area is 129 Å². The Hall–Kier alpha value is -2.11. The zero-order valence-corrected chi connectivity index (χ0v) is 13.1. The quantitative estimate of drug-likeness (QED) is 0.878. The van der Waals surface area contributed by atoms with Gasteiger partial charge in [-0.05, 0) is 23.1 Å². The van der Waals surface area contributed by atoms with E-state index in [9.17, 15) is 14.0 Å². The first-order valence-electron chi connectivity index (χ1n) is 7.35. The molecule has 0 aromatic heterocycles. The number of rotatable bonds is 2. The number of nitrogens with one attached hydrogen (secondary N) is 2. The molecule has 2 N–H and O–H groups in total. The number of hydrogen-bond donors (Lipinski definition) is 2. The zero-order chi connectivity index (χ0) is 16.3. The number of nitrogens with zero attached hydrogens (tertiary/aromatic N) is 1. The molecular weight excluding hydrogens is 285 g/mol. The van der Waals surface area contributed by atoms with Crippen LogP contribution in [0.3, 0.4) is 0 Å². The Morgan fingerprint density at radius 3 is 2.59 bits per heavy atom. The maximum atomic E-state index is 13.1. The van der Waals surface area contributed by atoms with Crippen molar-refractivity contribution in [3.05, 3.63) is 35.6 Å². The Bertz CT molecular complexity index is 552. The minimum Gasteiger partial charge on any atom is -0.352 e. The molecule has 120 valence electrons. The monoisotopic (exact) mass is 307 g/mol. The fourth-order valence-electron chi connectivity index (χ4n) is 2.30. The molecule has 0 aliphatic carbocycles. The Morgan fingerprint density at radius 2 is 2.00 bits per heavy atom. The highest BCUT2D eigenvalue weighted by Gasteiger charge is 2.34. The Kier molecular flexibility index (Phi) is 4.68. The second-order valence-corrected chi connectivity index (χ2v) is 6.66. The van der Waals surface area contributed by atoms with E-state index in [1.165, 1.54) is 29.2 Å². The summed E-state index contributed by atoms with van der Waals surface area (Å²) in [5.41, 5.74) is 0.559. The average molecular weight is 307 g/mol. The minimum absolute atomic E-state index is 0.0426. The van der Waals surface area contributed by atoms with Crippen molar-refractivity contribution < 1.29 is 14.0 Å². The van der Waals surface area contributed by atoms with E-state index >= 15 is 0 Å². The van der Waals surface area contributed by atoms with Crippen LogP contribution in [0.1, 0.15) is 32.4 Å². The third kappa shape index (κ3) is 3.96. The molecular formula is C16H22FN3O2. The van der Waals surface area contributed by atoms with Gasteiger partial charge in [-0.2, -0.15) is 0 Å². The first-order chi connectivity index (χ1) is 10.3. The lowest BCUT2D eigenvalue weighted by molar-refractivity contribution is -0.127. The summed E-state index contributed by atoms with van der Waals surface area (Å²) in [4.78, 5) is 26.1. The first kappa shape index (κ1) is 16.3. The summed E-state index contributed by atoms with van der Waals surface area (Å²) in [5, 5.41) is 5.60. The fourth-order valence-corrected chi connectivity index (χ4v) is 2.30. The highest BCUT2D eigenvalue weighted by molar-refractivity contribution is 5.89. The van der Waals surface area contributed by atoms with Gasteiger partial charge in [-0.1, -0.05) is 32.9 Å². The van der Waals surface area contributed by atoms with Crippen molar-refractivity contribution in [1.29, 1.82) is 0 Å². The number of urea groups is 1. The third-order valence-corrected chi connectivity index (χ3v) is 3.43. The van der Waals surface area contributed by atoms with Gasteiger partial charge in [0.25, 0.3) is 0 Å². The Balaban J connectivity index is 2.18. The summed E-state index contributed by atoms with van der Waals surface area (Å²) in [5.74, 6) is -0.618. The van der Waals surface area contributed by atoms with Crippen LogP contribution in [-0.2, 0) is 4.79 Å². The normalized spacial score (nSPS) is 18.8. The topological polar surface area (TPSA) is 61.4 Å². The predicted molar refractivity (Wildman–Crippen MR) is 81.7 cm³/mol. The number of carbonyl (C=O) groups is 2. The van der Waals surface area contributed by atoms with Gasteiger partial charge >= 0.3 is 6.03 Å². The van der Waals surface area contributed by atoms with Crippen LogP contribution in [0, 0.1) is 11.2 Å². The van der Waals surface area contributed by atoms with Crippen molar-refractivity contribution in [3.63, 3.8) is 0 Å². The van der Waals surface area contributed by atoms with E-state index in [0.29, 0.717) is 25.2 Å². The lowest BCUT2D eigenvalue weighted by Gasteiger charge is -2.36. The van der Waals surface area contributed by atoms with Gasteiger partial charge in [0.1, 0.15) is 11.9 Å². The number of amides is 3. The van der Waals surface area contributed by atoms with Crippen molar-refractivity contribution in [3.8, 4) is 0 Å². The van der Waals surface area contributed by atoms with E-state index in [0.717, 1.165) is 0 Å². The summed E-state index contributed by atoms with van der Waals surface area (Å²) >= 11 is 0. The second kappa shape index (κ2) is 6.34. The standard InChI is InChI=1S/C16H22FN3O2/c1-16(2,3)10-19-15(22)20-9-8-18-14(21)13(20)11-4-6-12(17)7-5-11/h4-7,13H,8-10H2,1-3H3,(H,18,21)(H,19,22). The summed E-state index contributed by atoms with van der Waals surface area (Å²) in [7, 11) is 0. The van der Waals surface area contributed by atoms with Gasteiger partial charge in [-0.25, -0.2) is 9.18 Å². The highest BCUT2D eigenvalue weighted by atomic mass is 19.1. The van der Waals surface area contributed by atoms with Crippen LogP contribution < -0.4 is 10.6 Å². The molecule has 1 heterocycles. The zero-order valence-electron chi connectivity index (χ0n) is 13.1. The molecule has 0 radical (unpaired) electrons. The van der Waals surface area contributed by atoms with E-state index < -0.39 is 6.04 Å². The molecule has 22 heavy (non-hydrogen) atoms. The first-order valence-corrected chi connectivity index (χ1v) is 7.35. The molecule has 1 aromatic carbocycles. The second-order valence-electron chi connectivity index (χ2n) is 6.66. The van der Waals surface area contributed by atoms with E-state index in [-0.39, 0.29) is 23.2 Å². The van der Waals surface area contributed by atoms with Gasteiger partial charge in [0.15, 0.2) is 0 Å². The molecule has 1 atom stereocenters. The lowest BCUT2D eigenvalue weighted by atomic mass is 9.97. The smallest absolute Gasteiger partial charge is 0.318 e. The lowest BCUT2D eigenvalue weighted by Crippen LogP contribution is -2.55. The van der Waals surface area contributed by atoms with Crippen LogP contribution in [0.4, 0.5) is 9.18 Å². The maximum absolute atomic E-state index is 13.1. The molecule has 0 saturated carbocycles. The molecule has 3 amide bonds. The molecule has 0 spiro atoms. The van der Waals surface area contributed by atoms with E-state index in [1.807, 2.05) is 20.8 Å². The summed E-state index contributed by atoms with van der Waals surface area (Å²) < 4.78 is 13.1. The Morgan fingerprint density at radius 1 is 1.36 bits per heavy atom. The van der Waals surface area contributed by atoms with Gasteiger partial charge in [0, 0.05) is 19.6 Å². The third-order valence-electron chi connectivity index (χ3n) is 3.43. The molecule has 1 aromatic rings. The molecule has 2 rings (SSSR count). The highest BCUT2D eigenvalue weighted by Crippen LogP contribution is 2.24. The molecule has 1 aliphatic heterocycles. The van der Waals surface area contributed by atoms with Crippen LogP contribution in [0.25, 0.3) is 0 Å². The van der Waals surface area contributed by atoms with Crippen LogP contribution >= 0.6 is 0 Å². The number of hydrogen-bond acceptors (Lipinski definition) is 2. The maximum Gasteiger partial charge on any atom is 0.318 e. The van der Waals surface area contributed by atoms with Gasteiger partial charge in [0.05, 0.1) is 0 Å². The van der Waals surface area contributed by atoms with E-state index in [1.54, 1.807) is 0 Å². The van der Waals surface area contributed by atoms with Crippen molar-refractivity contribution >= 4 is 11.9 Å².